The molecule has 3 aromatic rings. The van der Waals surface area contributed by atoms with Crippen molar-refractivity contribution in [1.29, 1.82) is 0 Å². The van der Waals surface area contributed by atoms with E-state index < -0.39 is 15.9 Å². The third-order valence-corrected chi connectivity index (χ3v) is 8.13. The fourth-order valence-corrected chi connectivity index (χ4v) is 5.73. The summed E-state index contributed by atoms with van der Waals surface area (Å²) in [4.78, 5) is 12.7. The second-order valence-corrected chi connectivity index (χ2v) is 10.7. The van der Waals surface area contributed by atoms with Crippen molar-refractivity contribution in [2.75, 3.05) is 37.4 Å². The summed E-state index contributed by atoms with van der Waals surface area (Å²) in [5.74, 6) is 1.55. The third-order valence-electron chi connectivity index (χ3n) is 5.24. The molecule has 10 heteroatoms. The Morgan fingerprint density at radius 1 is 0.972 bits per heavy atom. The fourth-order valence-electron chi connectivity index (χ4n) is 3.37. The van der Waals surface area contributed by atoms with Crippen LogP contribution in [-0.4, -0.2) is 47.4 Å². The molecular formula is C26H29FN2O5S2. The highest BCUT2D eigenvalue weighted by molar-refractivity contribution is 7.98. The molecule has 1 N–H and O–H groups in total. The molecule has 192 valence electrons. The highest BCUT2D eigenvalue weighted by atomic mass is 32.2. The van der Waals surface area contributed by atoms with E-state index in [9.17, 15) is 17.6 Å². The van der Waals surface area contributed by atoms with Gasteiger partial charge in [0.2, 0.25) is 5.91 Å². The maximum Gasteiger partial charge on any atom is 0.264 e. The van der Waals surface area contributed by atoms with E-state index >= 15 is 0 Å². The number of hydrogen-bond acceptors (Lipinski definition) is 6. The zero-order valence-electron chi connectivity index (χ0n) is 20.1. The van der Waals surface area contributed by atoms with Gasteiger partial charge >= 0.3 is 0 Å². The van der Waals surface area contributed by atoms with Gasteiger partial charge in [0.1, 0.15) is 12.4 Å². The molecule has 7 nitrogen and oxygen atoms in total. The molecule has 0 saturated heterocycles. The highest BCUT2D eigenvalue weighted by Gasteiger charge is 2.28. The lowest BCUT2D eigenvalue weighted by molar-refractivity contribution is -0.119. The van der Waals surface area contributed by atoms with E-state index in [4.69, 9.17) is 9.47 Å². The van der Waals surface area contributed by atoms with E-state index in [-0.39, 0.29) is 23.0 Å². The van der Waals surface area contributed by atoms with Crippen molar-refractivity contribution < 1.29 is 27.1 Å². The predicted molar refractivity (Wildman–Crippen MR) is 141 cm³/mol. The van der Waals surface area contributed by atoms with E-state index in [1.807, 2.05) is 0 Å². The first-order valence-corrected chi connectivity index (χ1v) is 13.8. The summed E-state index contributed by atoms with van der Waals surface area (Å²) in [5, 5.41) is 2.80. The molecule has 36 heavy (non-hydrogen) atoms. The Morgan fingerprint density at radius 3 is 2.33 bits per heavy atom. The van der Waals surface area contributed by atoms with Gasteiger partial charge in [-0.2, -0.15) is 11.8 Å². The van der Waals surface area contributed by atoms with Gasteiger partial charge in [0.15, 0.2) is 11.5 Å². The van der Waals surface area contributed by atoms with E-state index in [1.165, 1.54) is 44.6 Å². The fraction of sp³-hybridized carbons (Fsp3) is 0.269. The van der Waals surface area contributed by atoms with Gasteiger partial charge in [0, 0.05) is 18.4 Å². The molecule has 0 heterocycles. The van der Waals surface area contributed by atoms with Crippen LogP contribution in [0.3, 0.4) is 0 Å². The number of hydrogen-bond donors (Lipinski definition) is 1. The largest absolute Gasteiger partial charge is 0.493 e. The van der Waals surface area contributed by atoms with Crippen molar-refractivity contribution in [3.8, 4) is 11.5 Å². The highest BCUT2D eigenvalue weighted by Crippen LogP contribution is 2.32. The Hall–Kier alpha value is -3.24. The summed E-state index contributed by atoms with van der Waals surface area (Å²) < 4.78 is 51.6. The van der Waals surface area contributed by atoms with Crippen LogP contribution in [0.15, 0.2) is 77.7 Å². The van der Waals surface area contributed by atoms with Crippen molar-refractivity contribution in [2.45, 2.75) is 17.1 Å². The van der Waals surface area contributed by atoms with Crippen molar-refractivity contribution in [3.05, 3.63) is 84.2 Å². The lowest BCUT2D eigenvalue weighted by Gasteiger charge is -2.24. The van der Waals surface area contributed by atoms with E-state index in [1.54, 1.807) is 54.2 Å². The topological polar surface area (TPSA) is 84.9 Å². The number of sulfonamides is 1. The molecular weight excluding hydrogens is 503 g/mol. The molecule has 1 amide bonds. The number of ether oxygens (including phenoxy) is 2. The molecule has 0 aromatic heterocycles. The quantitative estimate of drug-likeness (QED) is 0.327. The second kappa shape index (κ2) is 13.2. The number of carbonyl (C=O) groups is 1. The van der Waals surface area contributed by atoms with Gasteiger partial charge in [-0.1, -0.05) is 30.3 Å². The molecule has 0 saturated carbocycles. The summed E-state index contributed by atoms with van der Waals surface area (Å²) in [7, 11) is -1.18. The molecule has 0 atom stereocenters. The second-order valence-electron chi connectivity index (χ2n) is 7.75. The predicted octanol–water partition coefficient (Wildman–Crippen LogP) is 4.48. The van der Waals surface area contributed by atoms with Crippen LogP contribution in [-0.2, 0) is 20.6 Å². The van der Waals surface area contributed by atoms with Crippen LogP contribution in [0, 0.1) is 5.82 Å². The molecule has 0 spiro atoms. The van der Waals surface area contributed by atoms with Crippen LogP contribution in [0.4, 0.5) is 10.1 Å². The zero-order chi connectivity index (χ0) is 26.0. The first kappa shape index (κ1) is 27.3. The van der Waals surface area contributed by atoms with Crippen LogP contribution in [0.1, 0.15) is 12.0 Å². The number of carbonyl (C=O) groups excluding carboxylic acids is 1. The molecule has 3 rings (SSSR count). The maximum atomic E-state index is 13.5. The van der Waals surface area contributed by atoms with Gasteiger partial charge < -0.3 is 14.8 Å². The van der Waals surface area contributed by atoms with Crippen molar-refractivity contribution in [2.24, 2.45) is 0 Å². The summed E-state index contributed by atoms with van der Waals surface area (Å²) in [5.41, 5.74) is 1.40. The minimum absolute atomic E-state index is 0.0194. The van der Waals surface area contributed by atoms with Crippen molar-refractivity contribution in [3.63, 3.8) is 0 Å². The molecule has 0 aliphatic rings. The first-order valence-electron chi connectivity index (χ1n) is 11.2. The lowest BCUT2D eigenvalue weighted by atomic mass is 10.2. The number of nitrogens with one attached hydrogen (secondary N) is 1. The SMILES string of the molecule is COc1ccc(S(=O)(=O)N(CC(=O)NCCCSCc2ccc(F)cc2)c2ccccc2)cc1OC. The van der Waals surface area contributed by atoms with Gasteiger partial charge in [-0.05, 0) is 54.1 Å². The Morgan fingerprint density at radius 2 is 1.67 bits per heavy atom. The van der Waals surface area contributed by atoms with E-state index in [0.717, 1.165) is 21.4 Å². The van der Waals surface area contributed by atoms with Crippen LogP contribution in [0.2, 0.25) is 0 Å². The van der Waals surface area contributed by atoms with Gasteiger partial charge in [0.05, 0.1) is 24.8 Å². The number of amides is 1. The number of thioether (sulfide) groups is 1. The Bertz CT molecular complexity index is 1240. The molecule has 0 aliphatic heterocycles. The van der Waals surface area contributed by atoms with Crippen LogP contribution >= 0.6 is 11.8 Å². The van der Waals surface area contributed by atoms with Crippen LogP contribution in [0.25, 0.3) is 0 Å². The number of anilines is 1. The summed E-state index contributed by atoms with van der Waals surface area (Å²) in [6.07, 6.45) is 0.714. The average Bonchev–Trinajstić information content (AvgIpc) is 2.90. The van der Waals surface area contributed by atoms with Gasteiger partial charge in [0.25, 0.3) is 10.0 Å². The van der Waals surface area contributed by atoms with Crippen molar-refractivity contribution >= 4 is 33.4 Å². The molecule has 0 unspecified atom stereocenters. The van der Waals surface area contributed by atoms with Gasteiger partial charge in [-0.3, -0.25) is 9.10 Å². The standard InChI is InChI=1S/C26H29FN2O5S2/c1-33-24-14-13-23(17-25(24)34-2)36(31,32)29(22-7-4-3-5-8-22)18-26(30)28-15-6-16-35-19-20-9-11-21(27)12-10-20/h3-5,7-14,17H,6,15-16,18-19H2,1-2H3,(H,28,30). The minimum atomic E-state index is -4.07. The average molecular weight is 533 g/mol. The Labute approximate surface area is 215 Å². The Balaban J connectivity index is 1.62. The zero-order valence-corrected chi connectivity index (χ0v) is 21.8. The molecule has 0 aliphatic carbocycles. The number of rotatable bonds is 13. The molecule has 0 bridgehead atoms. The molecule has 3 aromatic carbocycles. The maximum absolute atomic E-state index is 13.5. The lowest BCUT2D eigenvalue weighted by Crippen LogP contribution is -2.41. The third kappa shape index (κ3) is 7.38. The Kier molecular flexibility index (Phi) is 10.0. The molecule has 0 radical (unpaired) electrons. The monoisotopic (exact) mass is 532 g/mol. The summed E-state index contributed by atoms with van der Waals surface area (Å²) >= 11 is 1.68. The summed E-state index contributed by atoms with van der Waals surface area (Å²) in [6, 6.07) is 19.1. The smallest absolute Gasteiger partial charge is 0.264 e. The number of benzene rings is 3. The normalized spacial score (nSPS) is 11.1. The number of halogens is 1. The number of methoxy groups -OCH3 is 2. The van der Waals surface area contributed by atoms with E-state index in [2.05, 4.69) is 5.32 Å². The number of nitrogens with zero attached hydrogens (tertiary/aromatic N) is 1. The van der Waals surface area contributed by atoms with E-state index in [0.29, 0.717) is 24.4 Å². The van der Waals surface area contributed by atoms with Gasteiger partial charge in [-0.25, -0.2) is 12.8 Å². The van der Waals surface area contributed by atoms with Crippen LogP contribution < -0.4 is 19.1 Å². The molecule has 0 fully saturated rings. The van der Waals surface area contributed by atoms with Crippen LogP contribution in [0.5, 0.6) is 11.5 Å². The van der Waals surface area contributed by atoms with Crippen molar-refractivity contribution in [1.82, 2.24) is 5.32 Å². The van der Waals surface area contributed by atoms with Gasteiger partial charge in [-0.15, -0.1) is 0 Å². The first-order chi connectivity index (χ1) is 17.3. The number of para-hydroxylation sites is 1. The summed E-state index contributed by atoms with van der Waals surface area (Å²) in [6.45, 7) is 0.0394. The minimum Gasteiger partial charge on any atom is -0.493 e.